The van der Waals surface area contributed by atoms with Crippen LogP contribution in [0.15, 0.2) is 30.3 Å². The molecule has 0 spiro atoms. The van der Waals surface area contributed by atoms with Crippen LogP contribution in [0.25, 0.3) is 0 Å². The summed E-state index contributed by atoms with van der Waals surface area (Å²) in [6, 6.07) is 10.7. The average Bonchev–Trinajstić information content (AvgIpc) is 2.96. The Labute approximate surface area is 238 Å². The molecule has 2 aromatic rings. The summed E-state index contributed by atoms with van der Waals surface area (Å²) in [5.74, 6) is 6.73. The summed E-state index contributed by atoms with van der Waals surface area (Å²) in [7, 11) is 0. The Morgan fingerprint density at radius 3 is 2.55 bits per heavy atom. The quantitative estimate of drug-likeness (QED) is 0.314. The lowest BCUT2D eigenvalue weighted by atomic mass is 9.83. The first-order valence-corrected chi connectivity index (χ1v) is 15.1. The molecule has 6 aliphatic rings. The number of hydrazine groups is 1. The molecular weight excluding hydrogens is 502 g/mol. The van der Waals surface area contributed by atoms with Crippen LogP contribution in [-0.4, -0.2) is 54.6 Å². The van der Waals surface area contributed by atoms with Crippen molar-refractivity contribution in [1.82, 2.24) is 9.80 Å². The molecule has 8 rings (SSSR count). The number of urea groups is 1. The van der Waals surface area contributed by atoms with Crippen LogP contribution in [0.4, 0.5) is 16.2 Å². The summed E-state index contributed by atoms with van der Waals surface area (Å²) in [5, 5.41) is 1.77. The number of hydrogen-bond donors (Lipinski definition) is 2. The van der Waals surface area contributed by atoms with Gasteiger partial charge in [-0.25, -0.2) is 10.6 Å². The Morgan fingerprint density at radius 2 is 1.77 bits per heavy atom. The Morgan fingerprint density at radius 1 is 0.975 bits per heavy atom. The van der Waals surface area contributed by atoms with Crippen LogP contribution in [0.3, 0.4) is 0 Å². The van der Waals surface area contributed by atoms with E-state index >= 15 is 0 Å². The first-order valence-electron chi connectivity index (χ1n) is 15.1. The summed E-state index contributed by atoms with van der Waals surface area (Å²) < 4.78 is 5.38. The highest BCUT2D eigenvalue weighted by Crippen LogP contribution is 2.38. The fraction of sp³-hybridized carbons (Fsp3) is 0.562. The number of amides is 2. The number of benzene rings is 2. The molecule has 1 fully saturated rings. The van der Waals surface area contributed by atoms with Gasteiger partial charge >= 0.3 is 12.0 Å². The van der Waals surface area contributed by atoms with E-state index in [2.05, 4.69) is 29.2 Å². The molecule has 1 saturated heterocycles. The van der Waals surface area contributed by atoms with Crippen molar-refractivity contribution in [3.8, 4) is 0 Å². The van der Waals surface area contributed by atoms with Crippen LogP contribution in [-0.2, 0) is 22.5 Å². The van der Waals surface area contributed by atoms with Crippen LogP contribution >= 0.6 is 0 Å². The number of nitrogen functional groups attached to an aromatic ring is 1. The number of anilines is 2. The van der Waals surface area contributed by atoms with Crippen molar-refractivity contribution >= 4 is 23.4 Å². The zero-order valence-electron chi connectivity index (χ0n) is 24.2. The summed E-state index contributed by atoms with van der Waals surface area (Å²) >= 11 is 0. The lowest BCUT2D eigenvalue weighted by Crippen LogP contribution is -2.48. The minimum atomic E-state index is -0.238. The van der Waals surface area contributed by atoms with Crippen LogP contribution in [0.1, 0.15) is 85.6 Å². The predicted molar refractivity (Wildman–Crippen MR) is 159 cm³/mol. The molecule has 0 radical (unpaired) electrons. The van der Waals surface area contributed by atoms with E-state index in [0.717, 1.165) is 86.2 Å². The minimum Gasteiger partial charge on any atom is -0.466 e. The number of rotatable bonds is 3. The molecule has 0 saturated carbocycles. The van der Waals surface area contributed by atoms with Gasteiger partial charge in [-0.1, -0.05) is 43.5 Å². The maximum Gasteiger partial charge on any atom is 0.320 e. The first-order chi connectivity index (χ1) is 19.4. The second kappa shape index (κ2) is 12.5. The van der Waals surface area contributed by atoms with E-state index in [9.17, 15) is 9.59 Å². The smallest absolute Gasteiger partial charge is 0.320 e. The third kappa shape index (κ3) is 6.07. The normalized spacial score (nSPS) is 22.0. The van der Waals surface area contributed by atoms with Gasteiger partial charge in [-0.2, -0.15) is 0 Å². The molecule has 4 N–H and O–H groups in total. The van der Waals surface area contributed by atoms with Crippen molar-refractivity contribution in [3.05, 3.63) is 58.1 Å². The van der Waals surface area contributed by atoms with E-state index < -0.39 is 0 Å². The van der Waals surface area contributed by atoms with Crippen molar-refractivity contribution in [3.63, 3.8) is 0 Å². The molecule has 8 nitrogen and oxygen atoms in total. The van der Waals surface area contributed by atoms with Crippen LogP contribution in [0.5, 0.6) is 0 Å². The van der Waals surface area contributed by atoms with Crippen LogP contribution in [0.2, 0.25) is 0 Å². The van der Waals surface area contributed by atoms with Gasteiger partial charge in [-0.15, -0.1) is 0 Å². The molecule has 2 aromatic carbocycles. The summed E-state index contributed by atoms with van der Waals surface area (Å²) in [5.41, 5.74) is 13.6. The summed E-state index contributed by atoms with van der Waals surface area (Å²) in [6.45, 7) is 7.94. The largest absolute Gasteiger partial charge is 0.466 e. The lowest BCUT2D eigenvalue weighted by Gasteiger charge is -2.38. The fourth-order valence-corrected chi connectivity index (χ4v) is 6.74. The Hall–Kier alpha value is -3.26. The summed E-state index contributed by atoms with van der Waals surface area (Å²) in [6.07, 6.45) is 7.75. The van der Waals surface area contributed by atoms with Gasteiger partial charge in [0.2, 0.25) is 0 Å². The topological polar surface area (TPSA) is 105 Å². The Bertz CT molecular complexity index is 1220. The molecule has 6 aliphatic heterocycles. The fourth-order valence-electron chi connectivity index (χ4n) is 6.74. The van der Waals surface area contributed by atoms with Gasteiger partial charge in [-0.3, -0.25) is 4.79 Å². The molecule has 6 heterocycles. The van der Waals surface area contributed by atoms with Gasteiger partial charge in [0.25, 0.3) is 0 Å². The number of piperidine rings is 1. The minimum absolute atomic E-state index is 0.158. The van der Waals surface area contributed by atoms with Gasteiger partial charge in [-0.05, 0) is 79.3 Å². The van der Waals surface area contributed by atoms with E-state index in [-0.39, 0.29) is 24.3 Å². The molecule has 1 atom stereocenters. The number of nitrogens with zero attached hydrogens (tertiary/aromatic N) is 3. The zero-order chi connectivity index (χ0) is 28.2. The van der Waals surface area contributed by atoms with Crippen molar-refractivity contribution in [2.45, 2.75) is 77.7 Å². The molecule has 7 bridgehead atoms. The van der Waals surface area contributed by atoms with Gasteiger partial charge in [0, 0.05) is 38.6 Å². The van der Waals surface area contributed by atoms with Crippen LogP contribution in [0, 0.1) is 12.8 Å². The highest BCUT2D eigenvalue weighted by Gasteiger charge is 2.30. The first kappa shape index (κ1) is 28.3. The summed E-state index contributed by atoms with van der Waals surface area (Å²) in [4.78, 5) is 30.3. The number of ether oxygens (including phenoxy) is 1. The SMILES string of the molecule is CCOC(=O)CC1c2ccc3c(c2)CN(CC3)C(=O)N2CCC(CCCCCN(N)c3ccc1c(C)c3N)CC2. The number of nitrogens with two attached hydrogens (primary N) is 2. The highest BCUT2D eigenvalue weighted by molar-refractivity contribution is 5.76. The molecule has 1 unspecified atom stereocenters. The van der Waals surface area contributed by atoms with E-state index in [1.807, 2.05) is 24.8 Å². The second-order valence-electron chi connectivity index (χ2n) is 11.7. The number of carbonyl (C=O) groups excluding carboxylic acids is 2. The van der Waals surface area contributed by atoms with Crippen molar-refractivity contribution in [2.75, 3.05) is 43.5 Å². The predicted octanol–water partition coefficient (Wildman–Crippen LogP) is 5.11. The van der Waals surface area contributed by atoms with E-state index in [1.165, 1.54) is 18.4 Å². The zero-order valence-corrected chi connectivity index (χ0v) is 24.2. The third-order valence-corrected chi connectivity index (χ3v) is 9.21. The van der Waals surface area contributed by atoms with Gasteiger partial charge in [0.15, 0.2) is 0 Å². The highest BCUT2D eigenvalue weighted by atomic mass is 16.5. The van der Waals surface area contributed by atoms with Crippen molar-refractivity contribution < 1.29 is 14.3 Å². The van der Waals surface area contributed by atoms with Crippen molar-refractivity contribution in [1.29, 1.82) is 0 Å². The lowest BCUT2D eigenvalue weighted by molar-refractivity contribution is -0.143. The maximum atomic E-state index is 13.5. The molecular formula is C32H45N5O3. The van der Waals surface area contributed by atoms with Gasteiger partial charge < -0.3 is 25.3 Å². The maximum absolute atomic E-state index is 13.5. The number of esters is 1. The molecule has 216 valence electrons. The van der Waals surface area contributed by atoms with E-state index in [0.29, 0.717) is 24.8 Å². The Kier molecular flexibility index (Phi) is 8.84. The second-order valence-corrected chi connectivity index (χ2v) is 11.7. The monoisotopic (exact) mass is 547 g/mol. The third-order valence-electron chi connectivity index (χ3n) is 9.21. The molecule has 0 aromatic heterocycles. The van der Waals surface area contributed by atoms with E-state index in [4.69, 9.17) is 16.3 Å². The van der Waals surface area contributed by atoms with E-state index in [1.54, 1.807) is 5.01 Å². The number of carbonyl (C=O) groups is 2. The molecule has 2 amide bonds. The van der Waals surface area contributed by atoms with Gasteiger partial charge in [0.05, 0.1) is 24.4 Å². The van der Waals surface area contributed by atoms with Gasteiger partial charge in [0.1, 0.15) is 0 Å². The number of hydrogen-bond acceptors (Lipinski definition) is 6. The molecule has 8 heteroatoms. The Balaban J connectivity index is 1.52. The van der Waals surface area contributed by atoms with Crippen molar-refractivity contribution in [2.24, 2.45) is 11.8 Å². The van der Waals surface area contributed by atoms with Crippen LogP contribution < -0.4 is 16.6 Å². The molecule has 40 heavy (non-hydrogen) atoms. The average molecular weight is 548 g/mol. The molecule has 0 aliphatic carbocycles. The standard InChI is InChI=1S/C32H45N5O3/c1-3-40-30(38)20-28-25-9-8-24-14-18-36(21-26(24)19-25)32(39)35-16-12-23(13-17-35)7-5-4-6-15-37(34)29-11-10-27(28)22(2)31(29)33/h8-11,19,23,28H,3-7,12-18,20-21,33-34H2,1-2H3.